The van der Waals surface area contributed by atoms with Gasteiger partial charge >= 0.3 is 0 Å². The number of thiazole rings is 1. The molecule has 0 saturated heterocycles. The van der Waals surface area contributed by atoms with Gasteiger partial charge in [0.25, 0.3) is 0 Å². The molecule has 1 atom stereocenters. The molecular weight excluding hydrogens is 232 g/mol. The predicted molar refractivity (Wildman–Crippen MR) is 61.8 cm³/mol. The van der Waals surface area contributed by atoms with Crippen LogP contribution in [0, 0.1) is 0 Å². The maximum Gasteiger partial charge on any atom is 0.128 e. The average molecular weight is 241 g/mol. The summed E-state index contributed by atoms with van der Waals surface area (Å²) in [6.07, 6.45) is 3.22. The molecule has 0 aromatic carbocycles. The summed E-state index contributed by atoms with van der Waals surface area (Å²) >= 11 is 7.31. The van der Waals surface area contributed by atoms with Crippen LogP contribution in [0.15, 0.2) is 24.0 Å². The third-order valence-corrected chi connectivity index (χ3v) is 3.07. The van der Waals surface area contributed by atoms with E-state index in [0.29, 0.717) is 10.8 Å². The van der Waals surface area contributed by atoms with E-state index in [1.54, 1.807) is 17.8 Å². The van der Waals surface area contributed by atoms with E-state index in [1.807, 2.05) is 0 Å². The second kappa shape index (κ2) is 4.14. The Labute approximate surface area is 95.9 Å². The van der Waals surface area contributed by atoms with E-state index < -0.39 is 0 Å². The summed E-state index contributed by atoms with van der Waals surface area (Å²) < 4.78 is 0. The number of pyridine rings is 1. The van der Waals surface area contributed by atoms with Crippen LogP contribution in [-0.2, 0) is 0 Å². The van der Waals surface area contributed by atoms with E-state index in [9.17, 15) is 0 Å². The maximum absolute atomic E-state index is 6.02. The highest BCUT2D eigenvalue weighted by atomic mass is 35.5. The van der Waals surface area contributed by atoms with E-state index in [1.165, 1.54) is 17.5 Å². The molecule has 0 amide bonds. The zero-order valence-corrected chi connectivity index (χ0v) is 9.29. The summed E-state index contributed by atoms with van der Waals surface area (Å²) in [6.45, 7) is 0. The van der Waals surface area contributed by atoms with Crippen LogP contribution in [0.1, 0.15) is 16.5 Å². The fourth-order valence-corrected chi connectivity index (χ4v) is 2.05. The van der Waals surface area contributed by atoms with Crippen molar-refractivity contribution in [3.63, 3.8) is 0 Å². The topological polar surface area (TPSA) is 77.8 Å². The fourth-order valence-electron chi connectivity index (χ4n) is 1.25. The minimum Gasteiger partial charge on any atom is -0.383 e. The molecule has 0 bridgehead atoms. The van der Waals surface area contributed by atoms with E-state index in [0.717, 1.165) is 10.4 Å². The van der Waals surface area contributed by atoms with E-state index in [2.05, 4.69) is 9.97 Å². The largest absolute Gasteiger partial charge is 0.383 e. The number of nitrogen functional groups attached to an aromatic ring is 1. The van der Waals surface area contributed by atoms with Crippen molar-refractivity contribution in [2.75, 3.05) is 5.73 Å². The van der Waals surface area contributed by atoms with E-state index >= 15 is 0 Å². The summed E-state index contributed by atoms with van der Waals surface area (Å²) in [5.41, 5.74) is 14.2. The summed E-state index contributed by atoms with van der Waals surface area (Å²) in [6, 6.07) is 1.41. The van der Waals surface area contributed by atoms with Gasteiger partial charge in [-0.2, -0.15) is 0 Å². The van der Waals surface area contributed by atoms with Gasteiger partial charge in [-0.1, -0.05) is 11.6 Å². The van der Waals surface area contributed by atoms with Gasteiger partial charge in [-0.15, -0.1) is 11.3 Å². The van der Waals surface area contributed by atoms with Gasteiger partial charge in [0.15, 0.2) is 0 Å². The lowest BCUT2D eigenvalue weighted by molar-refractivity contribution is 0.885. The summed E-state index contributed by atoms with van der Waals surface area (Å²) in [5.74, 6) is 0.403. The Bertz CT molecular complexity index is 457. The molecule has 0 saturated carbocycles. The quantitative estimate of drug-likeness (QED) is 0.840. The second-order valence-electron chi connectivity index (χ2n) is 3.01. The fraction of sp³-hybridized carbons (Fsp3) is 0.111. The average Bonchev–Trinajstić information content (AvgIpc) is 2.74. The van der Waals surface area contributed by atoms with Gasteiger partial charge < -0.3 is 11.5 Å². The Balaban J connectivity index is 2.41. The third kappa shape index (κ3) is 2.09. The highest BCUT2D eigenvalue weighted by molar-refractivity contribution is 7.09. The zero-order chi connectivity index (χ0) is 10.8. The zero-order valence-electron chi connectivity index (χ0n) is 7.72. The Morgan fingerprint density at radius 1 is 1.40 bits per heavy atom. The Morgan fingerprint density at radius 2 is 2.20 bits per heavy atom. The molecule has 0 spiro atoms. The lowest BCUT2D eigenvalue weighted by atomic mass is 10.1. The molecule has 2 aromatic heterocycles. The first kappa shape index (κ1) is 10.4. The first-order valence-corrected chi connectivity index (χ1v) is 5.49. The van der Waals surface area contributed by atoms with Crippen LogP contribution >= 0.6 is 22.9 Å². The molecule has 0 aliphatic heterocycles. The maximum atomic E-state index is 6.02. The van der Waals surface area contributed by atoms with Gasteiger partial charge in [-0.05, 0) is 6.07 Å². The number of aromatic nitrogens is 2. The number of rotatable bonds is 2. The summed E-state index contributed by atoms with van der Waals surface area (Å²) in [5, 5.41) is 0.527. The highest BCUT2D eigenvalue weighted by Crippen LogP contribution is 2.27. The molecule has 2 aromatic rings. The molecule has 0 aliphatic carbocycles. The number of hydrogen-bond acceptors (Lipinski definition) is 5. The van der Waals surface area contributed by atoms with Gasteiger partial charge in [0.05, 0.1) is 16.6 Å². The Hall–Kier alpha value is -1.17. The summed E-state index contributed by atoms with van der Waals surface area (Å²) in [7, 11) is 0. The number of halogens is 1. The minimum atomic E-state index is -0.316. The molecule has 2 heterocycles. The Kier molecular flexibility index (Phi) is 2.86. The van der Waals surface area contributed by atoms with Crippen LogP contribution in [-0.4, -0.2) is 9.97 Å². The van der Waals surface area contributed by atoms with E-state index in [4.69, 9.17) is 23.1 Å². The monoisotopic (exact) mass is 240 g/mol. The van der Waals surface area contributed by atoms with Gasteiger partial charge in [-0.25, -0.2) is 4.98 Å². The lowest BCUT2D eigenvalue weighted by Gasteiger charge is -2.11. The van der Waals surface area contributed by atoms with Gasteiger partial charge in [-0.3, -0.25) is 4.98 Å². The SMILES string of the molecule is Nc1ncc(Cl)cc1C(N)c1cncs1. The molecule has 4 N–H and O–H groups in total. The lowest BCUT2D eigenvalue weighted by Crippen LogP contribution is -2.13. The van der Waals surface area contributed by atoms with Crippen LogP contribution in [0.4, 0.5) is 5.82 Å². The van der Waals surface area contributed by atoms with Crippen molar-refractivity contribution in [1.29, 1.82) is 0 Å². The first-order chi connectivity index (χ1) is 7.18. The van der Waals surface area contributed by atoms with Crippen molar-refractivity contribution in [3.8, 4) is 0 Å². The van der Waals surface area contributed by atoms with Crippen LogP contribution in [0.5, 0.6) is 0 Å². The predicted octanol–water partition coefficient (Wildman–Crippen LogP) is 1.82. The van der Waals surface area contributed by atoms with Crippen LogP contribution in [0.2, 0.25) is 5.02 Å². The standard InChI is InChI=1S/C9H9ClN4S/c10-5-1-6(9(12)14-2-5)8(11)7-3-13-4-15-7/h1-4,8H,11H2,(H2,12,14). The van der Waals surface area contributed by atoms with Gasteiger partial charge in [0.1, 0.15) is 5.82 Å². The molecule has 4 nitrogen and oxygen atoms in total. The van der Waals surface area contributed by atoms with Crippen molar-refractivity contribution in [2.24, 2.45) is 5.73 Å². The number of nitrogens with two attached hydrogens (primary N) is 2. The molecular formula is C9H9ClN4S. The van der Waals surface area contributed by atoms with Crippen molar-refractivity contribution >= 4 is 28.8 Å². The first-order valence-electron chi connectivity index (χ1n) is 4.23. The molecule has 15 heavy (non-hydrogen) atoms. The minimum absolute atomic E-state index is 0.316. The van der Waals surface area contributed by atoms with Crippen molar-refractivity contribution < 1.29 is 0 Å². The number of hydrogen-bond donors (Lipinski definition) is 2. The molecule has 0 aliphatic rings. The third-order valence-electron chi connectivity index (χ3n) is 2.01. The van der Waals surface area contributed by atoms with Gasteiger partial charge in [0.2, 0.25) is 0 Å². The van der Waals surface area contributed by atoms with E-state index in [-0.39, 0.29) is 6.04 Å². The van der Waals surface area contributed by atoms with Gasteiger partial charge in [0, 0.05) is 22.8 Å². The number of nitrogens with zero attached hydrogens (tertiary/aromatic N) is 2. The van der Waals surface area contributed by atoms with Crippen LogP contribution < -0.4 is 11.5 Å². The molecule has 2 rings (SSSR count). The summed E-state index contributed by atoms with van der Waals surface area (Å²) in [4.78, 5) is 8.86. The molecule has 1 unspecified atom stereocenters. The van der Waals surface area contributed by atoms with Crippen LogP contribution in [0.3, 0.4) is 0 Å². The molecule has 6 heteroatoms. The normalized spacial score (nSPS) is 12.7. The molecule has 78 valence electrons. The van der Waals surface area contributed by atoms with Crippen molar-refractivity contribution in [2.45, 2.75) is 6.04 Å². The molecule has 0 fully saturated rings. The van der Waals surface area contributed by atoms with Crippen molar-refractivity contribution in [1.82, 2.24) is 9.97 Å². The second-order valence-corrected chi connectivity index (χ2v) is 4.36. The molecule has 0 radical (unpaired) electrons. The van der Waals surface area contributed by atoms with Crippen LogP contribution in [0.25, 0.3) is 0 Å². The Morgan fingerprint density at radius 3 is 2.87 bits per heavy atom. The number of anilines is 1. The highest BCUT2D eigenvalue weighted by Gasteiger charge is 2.14. The smallest absolute Gasteiger partial charge is 0.128 e. The van der Waals surface area contributed by atoms with Crippen molar-refractivity contribution in [3.05, 3.63) is 39.4 Å².